The van der Waals surface area contributed by atoms with E-state index in [-0.39, 0.29) is 18.3 Å². The number of likely N-dealkylation sites (N-methyl/N-ethyl adjacent to an activating group) is 1. The van der Waals surface area contributed by atoms with Crippen LogP contribution in [0.1, 0.15) is 35.2 Å². The summed E-state index contributed by atoms with van der Waals surface area (Å²) in [7, 11) is 3.72. The third kappa shape index (κ3) is 4.64. The minimum atomic E-state index is -1.07. The Labute approximate surface area is 162 Å². The fourth-order valence-corrected chi connectivity index (χ4v) is 2.91. The predicted molar refractivity (Wildman–Crippen MR) is 100 cm³/mol. The summed E-state index contributed by atoms with van der Waals surface area (Å²) in [6.45, 7) is 0.420. The Bertz CT molecular complexity index is 847. The monoisotopic (exact) mass is 391 g/mol. The van der Waals surface area contributed by atoms with E-state index in [0.29, 0.717) is 23.1 Å². The fraction of sp³-hybridized carbons (Fsp3) is 0.444. The van der Waals surface area contributed by atoms with E-state index in [9.17, 15) is 9.59 Å². The van der Waals surface area contributed by atoms with Gasteiger partial charge < -0.3 is 14.9 Å². The summed E-state index contributed by atoms with van der Waals surface area (Å²) in [6, 6.07) is 7.24. The van der Waals surface area contributed by atoms with Gasteiger partial charge in [-0.05, 0) is 39.1 Å². The molecule has 1 aliphatic carbocycles. The quantitative estimate of drug-likeness (QED) is 0.738. The average Bonchev–Trinajstić information content (AvgIpc) is 3.37. The van der Waals surface area contributed by atoms with Crippen LogP contribution in [0.2, 0.25) is 5.02 Å². The number of carboxylic acid groups (broad SMARTS) is 1. The molecule has 0 spiro atoms. The molecule has 0 radical (unpaired) electrons. The molecule has 0 bridgehead atoms. The summed E-state index contributed by atoms with van der Waals surface area (Å²) in [5.74, 6) is -0.641. The van der Waals surface area contributed by atoms with Crippen LogP contribution in [0.15, 0.2) is 24.3 Å². The highest BCUT2D eigenvalue weighted by Gasteiger charge is 2.33. The highest BCUT2D eigenvalue weighted by Crippen LogP contribution is 2.40. The minimum Gasteiger partial charge on any atom is -0.480 e. The molecule has 1 fully saturated rings. The Morgan fingerprint density at radius 1 is 1.26 bits per heavy atom. The molecule has 9 heteroatoms. The van der Waals surface area contributed by atoms with Crippen molar-refractivity contribution in [3.8, 4) is 5.69 Å². The van der Waals surface area contributed by atoms with E-state index in [2.05, 4.69) is 10.1 Å². The molecule has 0 atom stereocenters. The molecule has 1 aromatic heterocycles. The molecule has 144 valence electrons. The lowest BCUT2D eigenvalue weighted by Crippen LogP contribution is -2.40. The van der Waals surface area contributed by atoms with Gasteiger partial charge in [0.2, 0.25) is 5.82 Å². The van der Waals surface area contributed by atoms with Crippen LogP contribution in [0.4, 0.5) is 0 Å². The first-order chi connectivity index (χ1) is 12.9. The maximum Gasteiger partial charge on any atom is 0.323 e. The maximum atomic E-state index is 12.9. The van der Waals surface area contributed by atoms with Crippen LogP contribution in [0.25, 0.3) is 5.69 Å². The number of hydrogen-bond donors (Lipinski definition) is 1. The Kier molecular flexibility index (Phi) is 5.76. The van der Waals surface area contributed by atoms with E-state index in [0.717, 1.165) is 12.8 Å². The molecule has 2 aromatic rings. The standard InChI is InChI=1S/C18H22ClN5O3/c1-22(2)9-10-23(11-15(25)26)18(27)16-20-17(12-7-8-12)24(21-16)14-6-4-3-5-13(14)19/h3-6,12H,7-11H2,1-2H3,(H,25,26). The summed E-state index contributed by atoms with van der Waals surface area (Å²) in [4.78, 5) is 31.6. The lowest BCUT2D eigenvalue weighted by atomic mass is 10.3. The van der Waals surface area contributed by atoms with Gasteiger partial charge in [0, 0.05) is 19.0 Å². The van der Waals surface area contributed by atoms with Crippen LogP contribution in [0, 0.1) is 0 Å². The van der Waals surface area contributed by atoms with Crippen LogP contribution in [-0.4, -0.2) is 75.3 Å². The van der Waals surface area contributed by atoms with Gasteiger partial charge >= 0.3 is 5.97 Å². The highest BCUT2D eigenvalue weighted by molar-refractivity contribution is 6.32. The number of amides is 1. The van der Waals surface area contributed by atoms with E-state index >= 15 is 0 Å². The topological polar surface area (TPSA) is 91.6 Å². The van der Waals surface area contributed by atoms with E-state index < -0.39 is 18.4 Å². The molecule has 0 unspecified atom stereocenters. The zero-order chi connectivity index (χ0) is 19.6. The van der Waals surface area contributed by atoms with Crippen LogP contribution < -0.4 is 0 Å². The molecule has 1 aromatic carbocycles. The van der Waals surface area contributed by atoms with Crippen molar-refractivity contribution in [1.82, 2.24) is 24.6 Å². The largest absolute Gasteiger partial charge is 0.480 e. The normalized spacial score (nSPS) is 13.8. The number of nitrogens with zero attached hydrogens (tertiary/aromatic N) is 5. The van der Waals surface area contributed by atoms with Gasteiger partial charge in [0.05, 0.1) is 10.7 Å². The summed E-state index contributed by atoms with van der Waals surface area (Å²) >= 11 is 6.29. The highest BCUT2D eigenvalue weighted by atomic mass is 35.5. The van der Waals surface area contributed by atoms with Gasteiger partial charge in [-0.25, -0.2) is 9.67 Å². The van der Waals surface area contributed by atoms with Crippen molar-refractivity contribution in [2.24, 2.45) is 0 Å². The second kappa shape index (κ2) is 8.06. The third-order valence-corrected chi connectivity index (χ3v) is 4.60. The first-order valence-corrected chi connectivity index (χ1v) is 9.12. The molecule has 1 heterocycles. The van der Waals surface area contributed by atoms with Crippen molar-refractivity contribution in [2.45, 2.75) is 18.8 Å². The number of para-hydroxylation sites is 1. The van der Waals surface area contributed by atoms with Gasteiger partial charge in [-0.15, -0.1) is 5.10 Å². The first-order valence-electron chi connectivity index (χ1n) is 8.74. The predicted octanol–water partition coefficient (Wildman–Crippen LogP) is 1.89. The van der Waals surface area contributed by atoms with E-state index in [4.69, 9.17) is 16.7 Å². The third-order valence-electron chi connectivity index (χ3n) is 4.28. The Balaban J connectivity index is 1.93. The molecule has 3 rings (SSSR count). The lowest BCUT2D eigenvalue weighted by molar-refractivity contribution is -0.137. The van der Waals surface area contributed by atoms with Crippen LogP contribution in [0.5, 0.6) is 0 Å². The van der Waals surface area contributed by atoms with Crippen molar-refractivity contribution in [3.63, 3.8) is 0 Å². The van der Waals surface area contributed by atoms with Gasteiger partial charge in [-0.3, -0.25) is 9.59 Å². The number of halogens is 1. The van der Waals surface area contributed by atoms with Crippen LogP contribution in [-0.2, 0) is 4.79 Å². The zero-order valence-corrected chi connectivity index (χ0v) is 16.1. The van der Waals surface area contributed by atoms with E-state index in [1.165, 1.54) is 4.90 Å². The maximum absolute atomic E-state index is 12.9. The summed E-state index contributed by atoms with van der Waals surface area (Å²) < 4.78 is 1.61. The van der Waals surface area contributed by atoms with Crippen molar-refractivity contribution in [3.05, 3.63) is 40.9 Å². The van der Waals surface area contributed by atoms with Gasteiger partial charge in [0.25, 0.3) is 5.91 Å². The van der Waals surface area contributed by atoms with Crippen LogP contribution in [0.3, 0.4) is 0 Å². The number of aliphatic carboxylic acids is 1. The number of aromatic nitrogens is 3. The molecule has 8 nitrogen and oxygen atoms in total. The van der Waals surface area contributed by atoms with E-state index in [1.807, 2.05) is 37.2 Å². The van der Waals surface area contributed by atoms with Gasteiger partial charge in [-0.2, -0.15) is 0 Å². The molecule has 1 N–H and O–H groups in total. The Morgan fingerprint density at radius 3 is 2.56 bits per heavy atom. The molecule has 1 aliphatic rings. The second-order valence-corrected chi connectivity index (χ2v) is 7.26. The number of carboxylic acids is 1. The van der Waals surface area contributed by atoms with Gasteiger partial charge in [0.15, 0.2) is 0 Å². The molecular weight excluding hydrogens is 370 g/mol. The number of carbonyl (C=O) groups is 2. The van der Waals surface area contributed by atoms with Gasteiger partial charge in [-0.1, -0.05) is 23.7 Å². The number of benzene rings is 1. The molecule has 1 amide bonds. The summed E-state index contributed by atoms with van der Waals surface area (Å²) in [5, 5.41) is 14.0. The SMILES string of the molecule is CN(C)CCN(CC(=O)O)C(=O)c1nc(C2CC2)n(-c2ccccc2Cl)n1. The average molecular weight is 392 g/mol. The Morgan fingerprint density at radius 2 is 1.96 bits per heavy atom. The lowest BCUT2D eigenvalue weighted by Gasteiger charge is -2.21. The first kappa shape index (κ1) is 19.3. The van der Waals surface area contributed by atoms with Gasteiger partial charge in [0.1, 0.15) is 12.4 Å². The summed E-state index contributed by atoms with van der Waals surface area (Å²) in [6.07, 6.45) is 1.96. The number of carbonyl (C=O) groups excluding carboxylic acids is 1. The smallest absolute Gasteiger partial charge is 0.323 e. The second-order valence-electron chi connectivity index (χ2n) is 6.85. The molecule has 1 saturated carbocycles. The van der Waals surface area contributed by atoms with Crippen molar-refractivity contribution < 1.29 is 14.7 Å². The summed E-state index contributed by atoms with van der Waals surface area (Å²) in [5.41, 5.74) is 0.658. The van der Waals surface area contributed by atoms with Crippen molar-refractivity contribution in [2.75, 3.05) is 33.7 Å². The Hall–Kier alpha value is -2.45. The zero-order valence-electron chi connectivity index (χ0n) is 15.3. The van der Waals surface area contributed by atoms with Crippen molar-refractivity contribution >= 4 is 23.5 Å². The van der Waals surface area contributed by atoms with Crippen molar-refractivity contribution in [1.29, 1.82) is 0 Å². The molecular formula is C18H22ClN5O3. The van der Waals surface area contributed by atoms with E-state index in [1.54, 1.807) is 10.7 Å². The number of hydrogen-bond acceptors (Lipinski definition) is 5. The molecule has 27 heavy (non-hydrogen) atoms. The fourth-order valence-electron chi connectivity index (χ4n) is 2.70. The number of rotatable bonds is 8. The van der Waals surface area contributed by atoms with Crippen LogP contribution >= 0.6 is 11.6 Å². The molecule has 0 aliphatic heterocycles. The minimum absolute atomic E-state index is 0.00294. The molecule has 0 saturated heterocycles.